The molecule has 5 heteroatoms. The molecule has 5 nitrogen and oxygen atoms in total. The maximum absolute atomic E-state index is 11.6. The van der Waals surface area contributed by atoms with E-state index in [-0.39, 0.29) is 11.5 Å². The third-order valence-corrected chi connectivity index (χ3v) is 3.04. The molecule has 0 atom stereocenters. The number of hydrogen-bond donors (Lipinski definition) is 3. The van der Waals surface area contributed by atoms with E-state index in [0.29, 0.717) is 25.4 Å². The Labute approximate surface area is 125 Å². The van der Waals surface area contributed by atoms with E-state index in [4.69, 9.17) is 5.11 Å². The minimum absolute atomic E-state index is 0.0370. The fourth-order valence-electron chi connectivity index (χ4n) is 1.93. The van der Waals surface area contributed by atoms with Gasteiger partial charge in [0.05, 0.1) is 5.56 Å². The van der Waals surface area contributed by atoms with Crippen LogP contribution in [0.3, 0.4) is 0 Å². The van der Waals surface area contributed by atoms with Gasteiger partial charge in [-0.25, -0.2) is 4.79 Å². The highest BCUT2D eigenvalue weighted by Crippen LogP contribution is 2.05. The summed E-state index contributed by atoms with van der Waals surface area (Å²) in [5, 5.41) is 15.0. The highest BCUT2D eigenvalue weighted by atomic mass is 16.4. The van der Waals surface area contributed by atoms with Crippen LogP contribution in [-0.2, 0) is 11.2 Å². The van der Waals surface area contributed by atoms with Gasteiger partial charge in [0.2, 0.25) is 5.91 Å². The van der Waals surface area contributed by atoms with Crippen molar-refractivity contribution in [2.24, 2.45) is 0 Å². The molecule has 1 aromatic carbocycles. The first-order chi connectivity index (χ1) is 9.99. The van der Waals surface area contributed by atoms with E-state index >= 15 is 0 Å². The summed E-state index contributed by atoms with van der Waals surface area (Å²) >= 11 is 0. The van der Waals surface area contributed by atoms with Crippen LogP contribution in [0.4, 0.5) is 0 Å². The second-order valence-corrected chi connectivity index (χ2v) is 5.32. The molecule has 116 valence electrons. The van der Waals surface area contributed by atoms with Crippen molar-refractivity contribution in [3.8, 4) is 0 Å². The van der Waals surface area contributed by atoms with Gasteiger partial charge in [0.1, 0.15) is 0 Å². The predicted octanol–water partition coefficient (Wildman–Crippen LogP) is 1.82. The molecule has 0 heterocycles. The van der Waals surface area contributed by atoms with Crippen LogP contribution in [0.15, 0.2) is 24.3 Å². The van der Waals surface area contributed by atoms with Gasteiger partial charge in [-0.1, -0.05) is 26.0 Å². The van der Waals surface area contributed by atoms with Crippen LogP contribution in [0.1, 0.15) is 42.6 Å². The molecule has 0 unspecified atom stereocenters. The monoisotopic (exact) mass is 292 g/mol. The van der Waals surface area contributed by atoms with Crippen LogP contribution in [0.5, 0.6) is 0 Å². The number of carboxylic acids is 1. The quantitative estimate of drug-likeness (QED) is 0.607. The molecule has 0 spiro atoms. The van der Waals surface area contributed by atoms with Crippen molar-refractivity contribution in [3.63, 3.8) is 0 Å². The summed E-state index contributed by atoms with van der Waals surface area (Å²) in [6.07, 6.45) is 1.96. The molecule has 21 heavy (non-hydrogen) atoms. The highest BCUT2D eigenvalue weighted by molar-refractivity contribution is 5.87. The molecule has 1 rings (SSSR count). The molecule has 0 saturated carbocycles. The van der Waals surface area contributed by atoms with Gasteiger partial charge in [-0.2, -0.15) is 0 Å². The van der Waals surface area contributed by atoms with Crippen LogP contribution in [0.25, 0.3) is 0 Å². The zero-order valence-electron chi connectivity index (χ0n) is 12.7. The summed E-state index contributed by atoms with van der Waals surface area (Å²) in [7, 11) is 0. The van der Waals surface area contributed by atoms with E-state index in [1.807, 2.05) is 6.07 Å². The molecule has 1 amide bonds. The molecule has 0 aliphatic rings. The number of benzene rings is 1. The Kier molecular flexibility index (Phi) is 7.46. The standard InChI is InChI=1S/C16H24N2O3/c1-12(2)17-9-4-7-15(19)18-10-8-13-5-3-6-14(11-13)16(20)21/h3,5-6,11-12,17H,4,7-10H2,1-2H3,(H,18,19)(H,20,21). The summed E-state index contributed by atoms with van der Waals surface area (Å²) in [5.41, 5.74) is 1.19. The zero-order chi connectivity index (χ0) is 15.7. The Hall–Kier alpha value is -1.88. The third-order valence-electron chi connectivity index (χ3n) is 3.04. The largest absolute Gasteiger partial charge is 0.478 e. The van der Waals surface area contributed by atoms with Crippen LogP contribution in [0, 0.1) is 0 Å². The van der Waals surface area contributed by atoms with Gasteiger partial charge in [0, 0.05) is 19.0 Å². The van der Waals surface area contributed by atoms with Gasteiger partial charge < -0.3 is 15.7 Å². The van der Waals surface area contributed by atoms with Gasteiger partial charge in [-0.05, 0) is 37.1 Å². The molecule has 0 fully saturated rings. The van der Waals surface area contributed by atoms with Gasteiger partial charge >= 0.3 is 5.97 Å². The first-order valence-electron chi connectivity index (χ1n) is 7.31. The first kappa shape index (κ1) is 17.2. The molecular formula is C16H24N2O3. The highest BCUT2D eigenvalue weighted by Gasteiger charge is 2.04. The number of carbonyl (C=O) groups excluding carboxylic acids is 1. The van der Waals surface area contributed by atoms with Crippen molar-refractivity contribution in [1.82, 2.24) is 10.6 Å². The summed E-state index contributed by atoms with van der Waals surface area (Å²) in [6, 6.07) is 7.23. The van der Waals surface area contributed by atoms with Crippen molar-refractivity contribution in [2.75, 3.05) is 13.1 Å². The smallest absolute Gasteiger partial charge is 0.335 e. The van der Waals surface area contributed by atoms with Crippen molar-refractivity contribution < 1.29 is 14.7 Å². The third kappa shape index (κ3) is 7.46. The number of carbonyl (C=O) groups is 2. The SMILES string of the molecule is CC(C)NCCCC(=O)NCCc1cccc(C(=O)O)c1. The lowest BCUT2D eigenvalue weighted by molar-refractivity contribution is -0.121. The van der Waals surface area contributed by atoms with Crippen molar-refractivity contribution in [2.45, 2.75) is 39.2 Å². The Morgan fingerprint density at radius 2 is 2.00 bits per heavy atom. The van der Waals surface area contributed by atoms with E-state index in [0.717, 1.165) is 18.5 Å². The average molecular weight is 292 g/mol. The van der Waals surface area contributed by atoms with E-state index in [2.05, 4.69) is 24.5 Å². The van der Waals surface area contributed by atoms with Gasteiger partial charge in [0.15, 0.2) is 0 Å². The first-order valence-corrected chi connectivity index (χ1v) is 7.31. The Bertz CT molecular complexity index is 472. The van der Waals surface area contributed by atoms with Crippen LogP contribution >= 0.6 is 0 Å². The number of rotatable bonds is 9. The van der Waals surface area contributed by atoms with Crippen molar-refractivity contribution >= 4 is 11.9 Å². The topological polar surface area (TPSA) is 78.4 Å². The number of amides is 1. The summed E-state index contributed by atoms with van der Waals surface area (Å²) in [5.74, 6) is -0.895. The fourth-order valence-corrected chi connectivity index (χ4v) is 1.93. The van der Waals surface area contributed by atoms with Crippen molar-refractivity contribution in [1.29, 1.82) is 0 Å². The minimum atomic E-state index is -0.932. The lowest BCUT2D eigenvalue weighted by atomic mass is 10.1. The molecule has 0 bridgehead atoms. The van der Waals surface area contributed by atoms with Gasteiger partial charge in [-0.15, -0.1) is 0 Å². The summed E-state index contributed by atoms with van der Waals surface area (Å²) in [6.45, 7) is 5.52. The maximum Gasteiger partial charge on any atom is 0.335 e. The predicted molar refractivity (Wildman–Crippen MR) is 82.5 cm³/mol. The molecule has 0 radical (unpaired) electrons. The normalized spacial score (nSPS) is 10.6. The molecular weight excluding hydrogens is 268 g/mol. The van der Waals surface area contributed by atoms with E-state index in [9.17, 15) is 9.59 Å². The van der Waals surface area contributed by atoms with E-state index in [1.165, 1.54) is 0 Å². The zero-order valence-corrected chi connectivity index (χ0v) is 12.7. The van der Waals surface area contributed by atoms with Crippen molar-refractivity contribution in [3.05, 3.63) is 35.4 Å². The second kappa shape index (κ2) is 9.13. The molecule has 0 saturated heterocycles. The van der Waals surface area contributed by atoms with Crippen LogP contribution in [-0.4, -0.2) is 36.1 Å². The Morgan fingerprint density at radius 3 is 2.67 bits per heavy atom. The average Bonchev–Trinajstić information content (AvgIpc) is 2.44. The van der Waals surface area contributed by atoms with Gasteiger partial charge in [-0.3, -0.25) is 4.79 Å². The van der Waals surface area contributed by atoms with Crippen LogP contribution < -0.4 is 10.6 Å². The minimum Gasteiger partial charge on any atom is -0.478 e. The molecule has 3 N–H and O–H groups in total. The number of aromatic carboxylic acids is 1. The summed E-state index contributed by atoms with van der Waals surface area (Å²) in [4.78, 5) is 22.5. The van der Waals surface area contributed by atoms with E-state index < -0.39 is 5.97 Å². The van der Waals surface area contributed by atoms with E-state index in [1.54, 1.807) is 18.2 Å². The lowest BCUT2D eigenvalue weighted by Gasteiger charge is -2.08. The number of nitrogens with one attached hydrogen (secondary N) is 2. The molecule has 0 aromatic heterocycles. The number of carboxylic acid groups (broad SMARTS) is 1. The van der Waals surface area contributed by atoms with Crippen LogP contribution in [0.2, 0.25) is 0 Å². The Balaban J connectivity index is 2.22. The fraction of sp³-hybridized carbons (Fsp3) is 0.500. The molecule has 1 aromatic rings. The second-order valence-electron chi connectivity index (χ2n) is 5.32. The Morgan fingerprint density at radius 1 is 1.24 bits per heavy atom. The summed E-state index contributed by atoms with van der Waals surface area (Å²) < 4.78 is 0. The molecule has 0 aliphatic heterocycles. The molecule has 0 aliphatic carbocycles. The lowest BCUT2D eigenvalue weighted by Crippen LogP contribution is -2.28. The number of hydrogen-bond acceptors (Lipinski definition) is 3. The maximum atomic E-state index is 11.6. The van der Waals surface area contributed by atoms with Gasteiger partial charge in [0.25, 0.3) is 0 Å².